The molecule has 2 aromatic rings. The van der Waals surface area contributed by atoms with Gasteiger partial charge in [-0.3, -0.25) is 4.79 Å². The number of nitrogens with one attached hydrogen (secondary N) is 1. The first kappa shape index (κ1) is 22.0. The Hall–Kier alpha value is -2.74. The Morgan fingerprint density at radius 2 is 1.97 bits per heavy atom. The van der Waals surface area contributed by atoms with Gasteiger partial charge < -0.3 is 19.7 Å². The molecule has 1 heterocycles. The third-order valence-corrected chi connectivity index (χ3v) is 5.11. The number of halogens is 3. The first-order valence-electron chi connectivity index (χ1n) is 9.82. The van der Waals surface area contributed by atoms with Crippen molar-refractivity contribution in [2.45, 2.75) is 44.8 Å². The number of benzene rings is 2. The third kappa shape index (κ3) is 6.13. The quantitative estimate of drug-likeness (QED) is 0.614. The SMILES string of the molecule is COc1cccc(CNCC[C@H]2CCC(=O)N2Cc2ccccc2OC(F)(F)F)c1. The molecular weight excluding hydrogens is 397 g/mol. The first-order valence-corrected chi connectivity index (χ1v) is 9.82. The highest BCUT2D eigenvalue weighted by atomic mass is 19.4. The number of hydrogen-bond acceptors (Lipinski definition) is 4. The largest absolute Gasteiger partial charge is 0.573 e. The average molecular weight is 422 g/mol. The van der Waals surface area contributed by atoms with Crippen LogP contribution in [0.15, 0.2) is 48.5 Å². The van der Waals surface area contributed by atoms with E-state index in [1.165, 1.54) is 12.1 Å². The van der Waals surface area contributed by atoms with Crippen LogP contribution < -0.4 is 14.8 Å². The number of methoxy groups -OCH3 is 1. The minimum Gasteiger partial charge on any atom is -0.497 e. The Labute approximate surface area is 173 Å². The fraction of sp³-hybridized carbons (Fsp3) is 0.409. The highest BCUT2D eigenvalue weighted by molar-refractivity contribution is 5.78. The van der Waals surface area contributed by atoms with E-state index >= 15 is 0 Å². The van der Waals surface area contributed by atoms with Gasteiger partial charge in [0, 0.05) is 31.1 Å². The average Bonchev–Trinajstić information content (AvgIpc) is 3.05. The zero-order chi connectivity index (χ0) is 21.6. The third-order valence-electron chi connectivity index (χ3n) is 5.11. The highest BCUT2D eigenvalue weighted by Gasteiger charge is 2.34. The van der Waals surface area contributed by atoms with Crippen LogP contribution in [0.25, 0.3) is 0 Å². The van der Waals surface area contributed by atoms with Crippen LogP contribution in [0, 0.1) is 0 Å². The van der Waals surface area contributed by atoms with Crippen molar-refractivity contribution in [1.29, 1.82) is 0 Å². The Kier molecular flexibility index (Phi) is 7.20. The van der Waals surface area contributed by atoms with Crippen LogP contribution in [-0.2, 0) is 17.9 Å². The second-order valence-corrected chi connectivity index (χ2v) is 7.19. The van der Waals surface area contributed by atoms with E-state index in [-0.39, 0.29) is 24.2 Å². The molecule has 8 heteroatoms. The van der Waals surface area contributed by atoms with Crippen molar-refractivity contribution < 1.29 is 27.4 Å². The number of nitrogens with zero attached hydrogens (tertiary/aromatic N) is 1. The summed E-state index contributed by atoms with van der Waals surface area (Å²) in [6.07, 6.45) is -2.95. The van der Waals surface area contributed by atoms with Crippen LogP contribution in [0.4, 0.5) is 13.2 Å². The minimum absolute atomic E-state index is 0.0192. The van der Waals surface area contributed by atoms with E-state index in [0.717, 1.165) is 17.7 Å². The van der Waals surface area contributed by atoms with E-state index in [2.05, 4.69) is 10.1 Å². The van der Waals surface area contributed by atoms with Crippen LogP contribution in [0.5, 0.6) is 11.5 Å². The van der Waals surface area contributed by atoms with Crippen LogP contribution in [-0.4, -0.2) is 36.9 Å². The summed E-state index contributed by atoms with van der Waals surface area (Å²) in [4.78, 5) is 14.0. The Bertz CT molecular complexity index is 858. The van der Waals surface area contributed by atoms with E-state index < -0.39 is 6.36 Å². The zero-order valence-corrected chi connectivity index (χ0v) is 16.7. The minimum atomic E-state index is -4.77. The summed E-state index contributed by atoms with van der Waals surface area (Å²) in [6.45, 7) is 1.46. The standard InChI is InChI=1S/C22H25F3N2O3/c1-29-19-7-4-5-16(13-19)14-26-12-11-18-9-10-21(28)27(18)15-17-6-2-3-8-20(17)30-22(23,24)25/h2-8,13,18,26H,9-12,14-15H2,1H3/t18-/m1/s1. The molecular formula is C22H25F3N2O3. The van der Waals surface area contributed by atoms with E-state index in [9.17, 15) is 18.0 Å². The van der Waals surface area contributed by atoms with Crippen molar-refractivity contribution in [1.82, 2.24) is 10.2 Å². The molecule has 0 aliphatic carbocycles. The molecule has 1 N–H and O–H groups in total. The van der Waals surface area contributed by atoms with Crippen LogP contribution >= 0.6 is 0 Å². The lowest BCUT2D eigenvalue weighted by atomic mass is 10.1. The number of para-hydroxylation sites is 1. The zero-order valence-electron chi connectivity index (χ0n) is 16.7. The second-order valence-electron chi connectivity index (χ2n) is 7.19. The molecule has 1 fully saturated rings. The maximum atomic E-state index is 12.7. The number of hydrogen-bond donors (Lipinski definition) is 1. The lowest BCUT2D eigenvalue weighted by molar-refractivity contribution is -0.275. The molecule has 0 spiro atoms. The molecule has 1 amide bonds. The molecule has 1 saturated heterocycles. The Morgan fingerprint density at radius 1 is 1.17 bits per heavy atom. The van der Waals surface area contributed by atoms with Crippen molar-refractivity contribution in [2.75, 3.05) is 13.7 Å². The predicted octanol–water partition coefficient (Wildman–Crippen LogP) is 4.26. The summed E-state index contributed by atoms with van der Waals surface area (Å²) >= 11 is 0. The number of carbonyl (C=O) groups is 1. The molecule has 5 nitrogen and oxygen atoms in total. The molecule has 1 aliphatic rings. The Morgan fingerprint density at radius 3 is 2.73 bits per heavy atom. The number of rotatable bonds is 9. The van der Waals surface area contributed by atoms with Gasteiger partial charge in [0.2, 0.25) is 5.91 Å². The van der Waals surface area contributed by atoms with E-state index in [4.69, 9.17) is 4.74 Å². The van der Waals surface area contributed by atoms with Crippen molar-refractivity contribution in [3.05, 3.63) is 59.7 Å². The summed E-state index contributed by atoms with van der Waals surface area (Å²) < 4.78 is 47.3. The van der Waals surface area contributed by atoms with Crippen LogP contribution in [0.2, 0.25) is 0 Å². The van der Waals surface area contributed by atoms with Gasteiger partial charge in [-0.1, -0.05) is 30.3 Å². The van der Waals surface area contributed by atoms with Gasteiger partial charge in [-0.25, -0.2) is 0 Å². The molecule has 162 valence electrons. The van der Waals surface area contributed by atoms with E-state index in [1.807, 2.05) is 24.3 Å². The van der Waals surface area contributed by atoms with Gasteiger partial charge in [-0.2, -0.15) is 0 Å². The topological polar surface area (TPSA) is 50.8 Å². The number of ether oxygens (including phenoxy) is 2. The summed E-state index contributed by atoms with van der Waals surface area (Å²) in [5.74, 6) is 0.482. The second kappa shape index (κ2) is 9.84. The van der Waals surface area contributed by atoms with Gasteiger partial charge in [-0.05, 0) is 43.1 Å². The van der Waals surface area contributed by atoms with Gasteiger partial charge in [0.05, 0.1) is 7.11 Å². The highest BCUT2D eigenvalue weighted by Crippen LogP contribution is 2.30. The molecule has 3 rings (SSSR count). The Balaban J connectivity index is 1.56. The van der Waals surface area contributed by atoms with Crippen molar-refractivity contribution in [3.8, 4) is 11.5 Å². The van der Waals surface area contributed by atoms with E-state index in [0.29, 0.717) is 31.5 Å². The molecule has 0 unspecified atom stereocenters. The summed E-state index contributed by atoms with van der Waals surface area (Å²) in [7, 11) is 1.62. The molecule has 0 bridgehead atoms. The molecule has 30 heavy (non-hydrogen) atoms. The van der Waals surface area contributed by atoms with Crippen molar-refractivity contribution in [3.63, 3.8) is 0 Å². The number of alkyl halides is 3. The monoisotopic (exact) mass is 422 g/mol. The lowest BCUT2D eigenvalue weighted by Gasteiger charge is -2.26. The molecule has 0 radical (unpaired) electrons. The number of likely N-dealkylation sites (tertiary alicyclic amines) is 1. The molecule has 1 aliphatic heterocycles. The predicted molar refractivity (Wildman–Crippen MR) is 106 cm³/mol. The summed E-state index contributed by atoms with van der Waals surface area (Å²) in [5.41, 5.74) is 1.44. The van der Waals surface area contributed by atoms with Gasteiger partial charge >= 0.3 is 6.36 Å². The fourth-order valence-electron chi connectivity index (χ4n) is 3.64. The van der Waals surface area contributed by atoms with Gasteiger partial charge in [0.25, 0.3) is 0 Å². The van der Waals surface area contributed by atoms with Crippen LogP contribution in [0.1, 0.15) is 30.4 Å². The first-order chi connectivity index (χ1) is 14.4. The van der Waals surface area contributed by atoms with E-state index in [1.54, 1.807) is 24.1 Å². The number of carbonyl (C=O) groups excluding carboxylic acids is 1. The molecule has 2 aromatic carbocycles. The van der Waals surface area contributed by atoms with Gasteiger partial charge in [0.15, 0.2) is 0 Å². The van der Waals surface area contributed by atoms with Gasteiger partial charge in [-0.15, -0.1) is 13.2 Å². The summed E-state index contributed by atoms with van der Waals surface area (Å²) in [5, 5.41) is 3.35. The maximum Gasteiger partial charge on any atom is 0.573 e. The van der Waals surface area contributed by atoms with Gasteiger partial charge in [0.1, 0.15) is 11.5 Å². The lowest BCUT2D eigenvalue weighted by Crippen LogP contribution is -2.35. The smallest absolute Gasteiger partial charge is 0.497 e. The molecule has 1 atom stereocenters. The normalized spacial score (nSPS) is 16.7. The fourth-order valence-corrected chi connectivity index (χ4v) is 3.64. The van der Waals surface area contributed by atoms with Crippen LogP contribution in [0.3, 0.4) is 0 Å². The maximum absolute atomic E-state index is 12.7. The molecule has 0 aromatic heterocycles. The number of amides is 1. The van der Waals surface area contributed by atoms with Crippen molar-refractivity contribution >= 4 is 5.91 Å². The molecule has 0 saturated carbocycles. The van der Waals surface area contributed by atoms with Crippen molar-refractivity contribution in [2.24, 2.45) is 0 Å². The summed E-state index contributed by atoms with van der Waals surface area (Å²) in [6, 6.07) is 13.7.